The van der Waals surface area contributed by atoms with Crippen LogP contribution in [0.3, 0.4) is 0 Å². The average Bonchev–Trinajstić information content (AvgIpc) is 3.55. The van der Waals surface area contributed by atoms with Crippen LogP contribution in [0.5, 0.6) is 5.95 Å². The van der Waals surface area contributed by atoms with Gasteiger partial charge in [0.15, 0.2) is 0 Å². The highest BCUT2D eigenvalue weighted by Gasteiger charge is 2.37. The second kappa shape index (κ2) is 10.7. The molecule has 5 rings (SSSR count). The monoisotopic (exact) mass is 539 g/mol. The van der Waals surface area contributed by atoms with Crippen molar-refractivity contribution in [2.45, 2.75) is 29.9 Å². The molecule has 38 heavy (non-hydrogen) atoms. The van der Waals surface area contributed by atoms with Crippen LogP contribution in [-0.2, 0) is 10.1 Å². The van der Waals surface area contributed by atoms with Gasteiger partial charge >= 0.3 is 16.1 Å². The summed E-state index contributed by atoms with van der Waals surface area (Å²) in [4.78, 5) is 4.22. The first-order valence-corrected chi connectivity index (χ1v) is 13.2. The molecule has 196 valence electrons. The number of nitrogens with zero attached hydrogens (tertiary/aromatic N) is 3. The first kappa shape index (κ1) is 25.6. The second-order valence-corrected chi connectivity index (χ2v) is 10.3. The minimum absolute atomic E-state index is 0.0391. The molecule has 0 unspecified atom stereocenters. The Labute approximate surface area is 217 Å². The predicted octanol–water partition coefficient (Wildman–Crippen LogP) is 5.40. The van der Waals surface area contributed by atoms with Gasteiger partial charge in [0.05, 0.1) is 11.8 Å². The van der Waals surface area contributed by atoms with E-state index >= 15 is 0 Å². The van der Waals surface area contributed by atoms with Gasteiger partial charge in [-0.05, 0) is 66.9 Å². The van der Waals surface area contributed by atoms with E-state index in [1.165, 1.54) is 54.7 Å². The van der Waals surface area contributed by atoms with Gasteiger partial charge in [-0.25, -0.2) is 13.8 Å². The molecule has 0 bridgehead atoms. The fourth-order valence-corrected chi connectivity index (χ4v) is 5.11. The zero-order chi connectivity index (χ0) is 26.7. The van der Waals surface area contributed by atoms with Gasteiger partial charge in [-0.2, -0.15) is 13.5 Å². The molecule has 3 aromatic carbocycles. The number of aliphatic hydroxyl groups excluding tert-OH is 1. The number of oxazole rings is 1. The van der Waals surface area contributed by atoms with E-state index < -0.39 is 33.9 Å². The third-order valence-corrected chi connectivity index (χ3v) is 7.38. The van der Waals surface area contributed by atoms with Crippen LogP contribution in [0.15, 0.2) is 99.5 Å². The van der Waals surface area contributed by atoms with Crippen molar-refractivity contribution in [1.29, 1.82) is 0 Å². The van der Waals surface area contributed by atoms with Gasteiger partial charge in [-0.3, -0.25) is 5.01 Å². The van der Waals surface area contributed by atoms with Crippen molar-refractivity contribution in [2.75, 3.05) is 5.01 Å². The summed E-state index contributed by atoms with van der Waals surface area (Å²) in [5.41, 5.74) is 1.14. The molecule has 0 spiro atoms. The van der Waals surface area contributed by atoms with Gasteiger partial charge in [0, 0.05) is 12.1 Å². The van der Waals surface area contributed by atoms with Crippen molar-refractivity contribution < 1.29 is 30.9 Å². The minimum Gasteiger partial charge on any atom is -0.407 e. The number of halogens is 2. The maximum Gasteiger partial charge on any atom is 0.341 e. The van der Waals surface area contributed by atoms with E-state index in [0.29, 0.717) is 24.1 Å². The minimum atomic E-state index is -4.14. The van der Waals surface area contributed by atoms with Crippen LogP contribution in [0, 0.1) is 17.6 Å². The number of anilines is 1. The number of aliphatic hydroxyl groups is 1. The van der Waals surface area contributed by atoms with Crippen molar-refractivity contribution in [3.05, 3.63) is 108 Å². The molecule has 0 amide bonds. The van der Waals surface area contributed by atoms with Crippen LogP contribution in [-0.4, -0.2) is 24.7 Å². The lowest BCUT2D eigenvalue weighted by Crippen LogP contribution is -2.25. The molecule has 2 heterocycles. The van der Waals surface area contributed by atoms with Crippen molar-refractivity contribution in [2.24, 2.45) is 11.0 Å². The number of hydrogen-bond donors (Lipinski definition) is 1. The highest BCUT2D eigenvalue weighted by atomic mass is 32.2. The third kappa shape index (κ3) is 5.58. The lowest BCUT2D eigenvalue weighted by Gasteiger charge is -2.25. The quantitative estimate of drug-likeness (QED) is 0.284. The molecular weight excluding hydrogens is 516 g/mol. The summed E-state index contributed by atoms with van der Waals surface area (Å²) >= 11 is 0. The summed E-state index contributed by atoms with van der Waals surface area (Å²) in [5.74, 6) is -1.31. The Morgan fingerprint density at radius 2 is 1.63 bits per heavy atom. The molecule has 0 saturated heterocycles. The lowest BCUT2D eigenvalue weighted by atomic mass is 9.92. The zero-order valence-electron chi connectivity index (χ0n) is 19.9. The van der Waals surface area contributed by atoms with Crippen molar-refractivity contribution >= 4 is 22.0 Å². The molecule has 0 fully saturated rings. The predicted molar refractivity (Wildman–Crippen MR) is 135 cm³/mol. The van der Waals surface area contributed by atoms with Crippen molar-refractivity contribution in [3.8, 4) is 5.95 Å². The maximum atomic E-state index is 13.6. The van der Waals surface area contributed by atoms with E-state index in [1.54, 1.807) is 41.6 Å². The van der Waals surface area contributed by atoms with Gasteiger partial charge in [0.25, 0.3) is 0 Å². The van der Waals surface area contributed by atoms with Crippen LogP contribution in [0.2, 0.25) is 0 Å². The Morgan fingerprint density at radius 1 is 0.974 bits per heavy atom. The van der Waals surface area contributed by atoms with E-state index in [4.69, 9.17) is 8.60 Å². The Bertz CT molecular complexity index is 1510. The molecular formula is C27H23F2N3O5S. The fraction of sp³-hybridized carbons (Fsp3) is 0.185. The van der Waals surface area contributed by atoms with Crippen molar-refractivity contribution in [3.63, 3.8) is 0 Å². The molecule has 8 nitrogen and oxygen atoms in total. The van der Waals surface area contributed by atoms with Gasteiger partial charge in [0.1, 0.15) is 28.8 Å². The highest BCUT2D eigenvalue weighted by molar-refractivity contribution is 7.87. The van der Waals surface area contributed by atoms with E-state index in [0.717, 1.165) is 0 Å². The smallest absolute Gasteiger partial charge is 0.341 e. The van der Waals surface area contributed by atoms with Crippen LogP contribution >= 0.6 is 0 Å². The summed E-state index contributed by atoms with van der Waals surface area (Å²) in [6.45, 7) is 0. The van der Waals surface area contributed by atoms with E-state index in [2.05, 4.69) is 10.1 Å². The Hall–Kier alpha value is -4.09. The molecule has 1 aliphatic heterocycles. The highest BCUT2D eigenvalue weighted by Crippen LogP contribution is 2.40. The molecule has 0 aliphatic carbocycles. The standard InChI is InChI=1S/C27H23F2N3O5S/c28-20-9-6-18(7-10-20)24(33)15-8-19-16-31-32(22-13-11-21(29)12-14-22)26(19)27-30-17-25(36-27)37-38(34,35)23-4-2-1-3-5-23/h1-7,9-14,16-17,19,24,26,33H,8,15H2/t19-,24-,26-/m0/s1. The number of rotatable bonds is 9. The lowest BCUT2D eigenvalue weighted by molar-refractivity contribution is 0.158. The van der Waals surface area contributed by atoms with Crippen LogP contribution in [0.4, 0.5) is 14.5 Å². The number of aromatic nitrogens is 1. The fourth-order valence-electron chi connectivity index (χ4n) is 4.23. The van der Waals surface area contributed by atoms with Gasteiger partial charge in [-0.15, -0.1) is 0 Å². The molecule has 1 N–H and O–H groups in total. The van der Waals surface area contributed by atoms with E-state index in [1.807, 2.05) is 0 Å². The summed E-state index contributed by atoms with van der Waals surface area (Å²) in [6, 6.07) is 18.3. The zero-order valence-corrected chi connectivity index (χ0v) is 20.7. The van der Waals surface area contributed by atoms with Crippen molar-refractivity contribution in [1.82, 2.24) is 4.98 Å². The Balaban J connectivity index is 1.38. The first-order chi connectivity index (χ1) is 18.3. The molecule has 0 saturated carbocycles. The second-order valence-electron chi connectivity index (χ2n) is 8.71. The first-order valence-electron chi connectivity index (χ1n) is 11.8. The normalized spacial score (nSPS) is 18.0. The summed E-state index contributed by atoms with van der Waals surface area (Å²) in [5, 5.41) is 16.7. The van der Waals surface area contributed by atoms with Crippen LogP contribution in [0.1, 0.15) is 36.4 Å². The SMILES string of the molecule is O=S(=O)(Oc1cnc([C@@H]2[C@@H](CC[C@H](O)c3ccc(F)cc3)C=NN2c2ccc(F)cc2)o1)c1ccccc1. The molecule has 1 aliphatic rings. The topological polar surface area (TPSA) is 105 Å². The van der Waals surface area contributed by atoms with E-state index in [-0.39, 0.29) is 22.7 Å². The summed E-state index contributed by atoms with van der Waals surface area (Å²) in [6.07, 6.45) is 2.76. The summed E-state index contributed by atoms with van der Waals surface area (Å²) < 4.78 is 62.9. The third-order valence-electron chi connectivity index (χ3n) is 6.15. The number of hydrazone groups is 1. The van der Waals surface area contributed by atoms with Gasteiger partial charge in [0.2, 0.25) is 5.89 Å². The molecule has 1 aromatic heterocycles. The summed E-state index contributed by atoms with van der Waals surface area (Å²) in [7, 11) is -4.14. The van der Waals surface area contributed by atoms with Crippen LogP contribution in [0.25, 0.3) is 0 Å². The van der Waals surface area contributed by atoms with E-state index in [9.17, 15) is 22.3 Å². The number of benzene rings is 3. The largest absolute Gasteiger partial charge is 0.407 e. The molecule has 4 aromatic rings. The Kier molecular flexibility index (Phi) is 7.21. The molecule has 11 heteroatoms. The molecule has 0 radical (unpaired) electrons. The van der Waals surface area contributed by atoms with Crippen LogP contribution < -0.4 is 9.19 Å². The Morgan fingerprint density at radius 3 is 2.32 bits per heavy atom. The van der Waals surface area contributed by atoms with Gasteiger partial charge < -0.3 is 13.7 Å². The maximum absolute atomic E-state index is 13.6. The number of hydrogen-bond acceptors (Lipinski definition) is 8. The van der Waals surface area contributed by atoms with Gasteiger partial charge in [-0.1, -0.05) is 30.3 Å². The molecule has 3 atom stereocenters. The average molecular weight is 540 g/mol.